The minimum atomic E-state index is -4.38. The molecule has 2 atom stereocenters. The molecule has 0 bridgehead atoms. The van der Waals surface area contributed by atoms with E-state index in [4.69, 9.17) is 18.5 Å². The highest BCUT2D eigenvalue weighted by molar-refractivity contribution is 7.47. The zero-order valence-electron chi connectivity index (χ0n) is 37.9. The van der Waals surface area contributed by atoms with E-state index in [1.165, 1.54) is 70.6 Å². The maximum absolute atomic E-state index is 12.7. The summed E-state index contributed by atoms with van der Waals surface area (Å²) < 4.78 is 33.5. The zero-order chi connectivity index (χ0) is 43.3. The van der Waals surface area contributed by atoms with Crippen LogP contribution < -0.4 is 0 Å². The summed E-state index contributed by atoms with van der Waals surface area (Å²) in [5.74, 6) is -0.852. The van der Waals surface area contributed by atoms with E-state index in [-0.39, 0.29) is 32.0 Å². The third kappa shape index (κ3) is 44.8. The molecule has 0 aromatic carbocycles. The molecule has 0 aliphatic carbocycles. The van der Waals surface area contributed by atoms with E-state index >= 15 is 0 Å². The van der Waals surface area contributed by atoms with Gasteiger partial charge < -0.3 is 19.3 Å². The molecule has 340 valence electrons. The van der Waals surface area contributed by atoms with Crippen LogP contribution in [0.25, 0.3) is 0 Å². The summed E-state index contributed by atoms with van der Waals surface area (Å²) >= 11 is 0. The van der Waals surface area contributed by atoms with E-state index in [2.05, 4.69) is 86.8 Å². The molecule has 0 spiro atoms. The fraction of sp³-hybridized carbons (Fsp3) is 0.714. The molecular weight excluding hydrogens is 762 g/mol. The first kappa shape index (κ1) is 56.5. The number of phosphoric acid groups is 1. The minimum Gasteiger partial charge on any atom is -0.462 e. The maximum Gasteiger partial charge on any atom is 0.472 e. The summed E-state index contributed by atoms with van der Waals surface area (Å²) in [6.45, 7) is 4.21. The number of hydrogen-bond acceptors (Lipinski definition) is 8. The van der Waals surface area contributed by atoms with E-state index in [0.29, 0.717) is 13.0 Å². The fourth-order valence-corrected chi connectivity index (χ4v) is 6.62. The number of esters is 2. The molecule has 2 unspecified atom stereocenters. The second-order valence-corrected chi connectivity index (χ2v) is 17.0. The summed E-state index contributed by atoms with van der Waals surface area (Å²) in [6.07, 6.45) is 52.3. The normalized spacial score (nSPS) is 14.0. The van der Waals surface area contributed by atoms with Crippen LogP contribution in [0.15, 0.2) is 72.9 Å². The topological polar surface area (TPSA) is 112 Å². The molecule has 9 nitrogen and oxygen atoms in total. The predicted octanol–water partition coefficient (Wildman–Crippen LogP) is 13.7. The van der Waals surface area contributed by atoms with Crippen LogP contribution in [0.4, 0.5) is 0 Å². The second-order valence-electron chi connectivity index (χ2n) is 15.6. The van der Waals surface area contributed by atoms with Crippen LogP contribution in [-0.4, -0.2) is 68.3 Å². The van der Waals surface area contributed by atoms with E-state index in [1.54, 1.807) is 0 Å². The number of carbonyl (C=O) groups excluding carboxylic acids is 2. The lowest BCUT2D eigenvalue weighted by Gasteiger charge is -2.20. The van der Waals surface area contributed by atoms with Crippen molar-refractivity contribution in [2.45, 2.75) is 187 Å². The van der Waals surface area contributed by atoms with Crippen molar-refractivity contribution in [2.75, 3.05) is 40.5 Å². The zero-order valence-corrected chi connectivity index (χ0v) is 38.8. The van der Waals surface area contributed by atoms with Gasteiger partial charge in [-0.1, -0.05) is 151 Å². The molecule has 1 N–H and O–H groups in total. The molecule has 0 rings (SSSR count). The molecular formula is C49H86NO8P. The summed E-state index contributed by atoms with van der Waals surface area (Å²) in [6, 6.07) is 0. The van der Waals surface area contributed by atoms with Crippen LogP contribution in [0.5, 0.6) is 0 Å². The van der Waals surface area contributed by atoms with Crippen molar-refractivity contribution in [2.24, 2.45) is 0 Å². The van der Waals surface area contributed by atoms with Gasteiger partial charge in [0, 0.05) is 19.4 Å². The molecule has 0 fully saturated rings. The van der Waals surface area contributed by atoms with Crippen LogP contribution in [0.3, 0.4) is 0 Å². The molecule has 0 aliphatic heterocycles. The highest BCUT2D eigenvalue weighted by atomic mass is 31.2. The van der Waals surface area contributed by atoms with E-state index in [0.717, 1.165) is 77.0 Å². The Balaban J connectivity index is 4.35. The van der Waals surface area contributed by atoms with Crippen LogP contribution in [0.2, 0.25) is 0 Å². The number of phosphoric ester groups is 1. The monoisotopic (exact) mass is 848 g/mol. The summed E-state index contributed by atoms with van der Waals surface area (Å²) in [5, 5.41) is 0. The number of likely N-dealkylation sites (N-methyl/N-ethyl adjacent to an activating group) is 1. The molecule has 0 radical (unpaired) electrons. The number of nitrogens with zero attached hydrogens (tertiary/aromatic N) is 1. The lowest BCUT2D eigenvalue weighted by atomic mass is 10.1. The van der Waals surface area contributed by atoms with Gasteiger partial charge in [0.05, 0.1) is 13.2 Å². The number of hydrogen-bond donors (Lipinski definition) is 1. The van der Waals surface area contributed by atoms with Crippen LogP contribution in [0, 0.1) is 0 Å². The van der Waals surface area contributed by atoms with Gasteiger partial charge in [-0.3, -0.25) is 18.6 Å². The number of unbranched alkanes of at least 4 members (excludes halogenated alkanes) is 16. The van der Waals surface area contributed by atoms with E-state index in [9.17, 15) is 19.0 Å². The third-order valence-corrected chi connectivity index (χ3v) is 10.5. The molecule has 0 saturated carbocycles. The van der Waals surface area contributed by atoms with Gasteiger partial charge in [0.15, 0.2) is 6.10 Å². The molecule has 0 aliphatic rings. The Morgan fingerprint density at radius 1 is 0.525 bits per heavy atom. The Hall–Kier alpha value is -2.55. The van der Waals surface area contributed by atoms with Crippen molar-refractivity contribution in [1.82, 2.24) is 4.90 Å². The smallest absolute Gasteiger partial charge is 0.462 e. The van der Waals surface area contributed by atoms with E-state index < -0.39 is 26.5 Å². The average Bonchev–Trinajstić information content (AvgIpc) is 3.20. The third-order valence-electron chi connectivity index (χ3n) is 9.49. The summed E-state index contributed by atoms with van der Waals surface area (Å²) in [5.41, 5.74) is 0. The number of carbonyl (C=O) groups is 2. The van der Waals surface area contributed by atoms with Crippen molar-refractivity contribution >= 4 is 19.8 Å². The molecule has 0 aromatic rings. The number of rotatable bonds is 42. The molecule has 10 heteroatoms. The second kappa shape index (κ2) is 43.5. The minimum absolute atomic E-state index is 0.00398. The lowest BCUT2D eigenvalue weighted by Crippen LogP contribution is -2.29. The van der Waals surface area contributed by atoms with Crippen LogP contribution >= 0.6 is 7.82 Å². The average molecular weight is 848 g/mol. The van der Waals surface area contributed by atoms with Crippen LogP contribution in [0.1, 0.15) is 181 Å². The van der Waals surface area contributed by atoms with Gasteiger partial charge in [-0.25, -0.2) is 4.57 Å². The van der Waals surface area contributed by atoms with Crippen LogP contribution in [-0.2, 0) is 32.7 Å². The van der Waals surface area contributed by atoms with Gasteiger partial charge >= 0.3 is 19.8 Å². The highest BCUT2D eigenvalue weighted by Crippen LogP contribution is 2.43. The first-order valence-electron chi connectivity index (χ1n) is 23.2. The largest absolute Gasteiger partial charge is 0.472 e. The number of allylic oxidation sites excluding steroid dienone is 12. The fourth-order valence-electron chi connectivity index (χ4n) is 5.88. The van der Waals surface area contributed by atoms with Crippen molar-refractivity contribution in [3.8, 4) is 0 Å². The molecule has 0 amide bonds. The first-order chi connectivity index (χ1) is 28.7. The SMILES string of the molecule is CCCCC/C=C\C/C=C\C/C=C\C/C=C\CCCCCC(=O)OC(COC(=O)CCCCCCCCC/C=C\C/C=C\CCCCC)COP(=O)(O)OCCN(C)C. The Morgan fingerprint density at radius 2 is 0.915 bits per heavy atom. The highest BCUT2D eigenvalue weighted by Gasteiger charge is 2.26. The molecule has 0 saturated heterocycles. The standard InChI is InChI=1S/C49H86NO8P/c1-5-7-9-11-13-15-17-19-21-23-24-26-28-30-32-34-36-38-40-42-49(52)58-47(46-57-59(53,54)56-44-43-50(3)4)45-55-48(51)41-39-37-35-33-31-29-27-25-22-20-18-16-14-12-10-8-6-2/h13-16,19-22,24,26,30,32,47H,5-12,17-18,23,25,27-29,31,33-46H2,1-4H3,(H,53,54)/b15-13-,16-14-,21-19-,22-20-,26-24-,32-30-. The van der Waals surface area contributed by atoms with Gasteiger partial charge in [0.25, 0.3) is 0 Å². The van der Waals surface area contributed by atoms with Crippen molar-refractivity contribution < 1.29 is 37.6 Å². The van der Waals surface area contributed by atoms with Crippen molar-refractivity contribution in [3.63, 3.8) is 0 Å². The van der Waals surface area contributed by atoms with Gasteiger partial charge in [0.2, 0.25) is 0 Å². The quantitative estimate of drug-likeness (QED) is 0.0278. The van der Waals surface area contributed by atoms with Crippen molar-refractivity contribution in [3.05, 3.63) is 72.9 Å². The summed E-state index contributed by atoms with van der Waals surface area (Å²) in [7, 11) is -0.742. The van der Waals surface area contributed by atoms with Gasteiger partial charge in [0.1, 0.15) is 6.61 Å². The molecule has 0 aromatic heterocycles. The van der Waals surface area contributed by atoms with Crippen molar-refractivity contribution in [1.29, 1.82) is 0 Å². The van der Waals surface area contributed by atoms with E-state index in [1.807, 2.05) is 19.0 Å². The predicted molar refractivity (Wildman–Crippen MR) is 247 cm³/mol. The van der Waals surface area contributed by atoms with Gasteiger partial charge in [-0.2, -0.15) is 0 Å². The lowest BCUT2D eigenvalue weighted by molar-refractivity contribution is -0.161. The Labute approximate surface area is 361 Å². The Morgan fingerprint density at radius 3 is 1.37 bits per heavy atom. The maximum atomic E-state index is 12.7. The first-order valence-corrected chi connectivity index (χ1v) is 24.7. The Bertz CT molecular complexity index is 1210. The number of ether oxygens (including phenoxy) is 2. The van der Waals surface area contributed by atoms with Gasteiger partial charge in [-0.15, -0.1) is 0 Å². The Kier molecular flexibility index (Phi) is 41.7. The molecule has 59 heavy (non-hydrogen) atoms. The molecule has 0 heterocycles. The van der Waals surface area contributed by atoms with Gasteiger partial charge in [-0.05, 0) is 104 Å². The summed E-state index contributed by atoms with van der Waals surface area (Å²) in [4.78, 5) is 37.1.